The van der Waals surface area contributed by atoms with E-state index in [-0.39, 0.29) is 18.6 Å². The number of carboxylic acids is 1. The molecule has 0 aliphatic carbocycles. The van der Waals surface area contributed by atoms with Gasteiger partial charge in [0.05, 0.1) is 5.75 Å². The van der Waals surface area contributed by atoms with Gasteiger partial charge >= 0.3 is 5.97 Å². The highest BCUT2D eigenvalue weighted by Gasteiger charge is 2.41. The SMILES string of the molecule is CS(=O)(=O)CCCC(=O)NC1(C(=O)O)CCSCC1. The summed E-state index contributed by atoms with van der Waals surface area (Å²) in [5.41, 5.74) is -1.17. The van der Waals surface area contributed by atoms with Crippen LogP contribution in [0.4, 0.5) is 0 Å². The first-order chi connectivity index (χ1) is 8.75. The van der Waals surface area contributed by atoms with Gasteiger partial charge in [-0.3, -0.25) is 4.79 Å². The molecule has 0 aromatic carbocycles. The molecule has 1 heterocycles. The zero-order valence-corrected chi connectivity index (χ0v) is 12.5. The van der Waals surface area contributed by atoms with Gasteiger partial charge in [0.25, 0.3) is 0 Å². The molecule has 1 rings (SSSR count). The van der Waals surface area contributed by atoms with E-state index in [1.54, 1.807) is 11.8 Å². The quantitative estimate of drug-likeness (QED) is 0.731. The molecule has 1 aliphatic rings. The van der Waals surface area contributed by atoms with E-state index < -0.39 is 27.3 Å². The van der Waals surface area contributed by atoms with Crippen LogP contribution >= 0.6 is 11.8 Å². The van der Waals surface area contributed by atoms with Crippen LogP contribution in [0.25, 0.3) is 0 Å². The lowest BCUT2D eigenvalue weighted by atomic mass is 9.92. The average Bonchev–Trinajstić information content (AvgIpc) is 2.28. The van der Waals surface area contributed by atoms with E-state index in [2.05, 4.69) is 5.32 Å². The van der Waals surface area contributed by atoms with E-state index in [4.69, 9.17) is 0 Å². The van der Waals surface area contributed by atoms with Crippen molar-refractivity contribution in [3.05, 3.63) is 0 Å². The van der Waals surface area contributed by atoms with Crippen molar-refractivity contribution < 1.29 is 23.1 Å². The molecule has 0 bridgehead atoms. The standard InChI is InChI=1S/C11H19NO5S2/c1-19(16,17)8-2-3-9(13)12-11(10(14)15)4-6-18-7-5-11/h2-8H2,1H3,(H,12,13)(H,14,15). The maximum atomic E-state index is 11.7. The van der Waals surface area contributed by atoms with E-state index >= 15 is 0 Å². The lowest BCUT2D eigenvalue weighted by molar-refractivity contribution is -0.148. The van der Waals surface area contributed by atoms with E-state index in [1.165, 1.54) is 0 Å². The van der Waals surface area contributed by atoms with E-state index in [0.29, 0.717) is 24.3 Å². The van der Waals surface area contributed by atoms with Gasteiger partial charge in [0.15, 0.2) is 0 Å². The lowest BCUT2D eigenvalue weighted by Gasteiger charge is -2.33. The van der Waals surface area contributed by atoms with E-state index in [9.17, 15) is 23.1 Å². The van der Waals surface area contributed by atoms with Crippen LogP contribution in [-0.4, -0.2) is 54.5 Å². The molecule has 1 fully saturated rings. The molecule has 0 aromatic heterocycles. The second kappa shape index (κ2) is 6.60. The van der Waals surface area contributed by atoms with Gasteiger partial charge in [-0.2, -0.15) is 11.8 Å². The normalized spacial score (nSPS) is 18.8. The maximum absolute atomic E-state index is 11.7. The first kappa shape index (κ1) is 16.3. The zero-order valence-electron chi connectivity index (χ0n) is 10.8. The maximum Gasteiger partial charge on any atom is 0.329 e. The van der Waals surface area contributed by atoms with Crippen LogP contribution in [0.3, 0.4) is 0 Å². The summed E-state index contributed by atoms with van der Waals surface area (Å²) in [5.74, 6) is -0.0513. The summed E-state index contributed by atoms with van der Waals surface area (Å²) in [6, 6.07) is 0. The van der Waals surface area contributed by atoms with Gasteiger partial charge in [0, 0.05) is 12.7 Å². The Bertz CT molecular complexity index is 440. The van der Waals surface area contributed by atoms with Crippen molar-refractivity contribution in [2.75, 3.05) is 23.5 Å². The fraction of sp³-hybridized carbons (Fsp3) is 0.818. The number of amides is 1. The van der Waals surface area contributed by atoms with Crippen molar-refractivity contribution in [1.82, 2.24) is 5.32 Å². The van der Waals surface area contributed by atoms with Gasteiger partial charge in [0.1, 0.15) is 15.4 Å². The highest BCUT2D eigenvalue weighted by molar-refractivity contribution is 7.99. The molecule has 0 radical (unpaired) electrons. The molecular weight excluding hydrogens is 290 g/mol. The van der Waals surface area contributed by atoms with Gasteiger partial charge < -0.3 is 10.4 Å². The van der Waals surface area contributed by atoms with Crippen molar-refractivity contribution in [3.8, 4) is 0 Å². The Hall–Kier alpha value is -0.760. The summed E-state index contributed by atoms with van der Waals surface area (Å²) in [5, 5.41) is 11.8. The topological polar surface area (TPSA) is 101 Å². The Labute approximate surface area is 117 Å². The minimum absolute atomic E-state index is 0.0369. The number of aliphatic carboxylic acids is 1. The monoisotopic (exact) mass is 309 g/mol. The van der Waals surface area contributed by atoms with Crippen molar-refractivity contribution in [3.63, 3.8) is 0 Å². The molecule has 1 amide bonds. The summed E-state index contributed by atoms with van der Waals surface area (Å²) in [7, 11) is -3.08. The predicted molar refractivity (Wildman–Crippen MR) is 74.0 cm³/mol. The molecule has 0 atom stereocenters. The first-order valence-corrected chi connectivity index (χ1v) is 9.27. The number of thioether (sulfide) groups is 1. The number of hydrogen-bond acceptors (Lipinski definition) is 5. The molecule has 0 saturated carbocycles. The van der Waals surface area contributed by atoms with Crippen LogP contribution in [0.1, 0.15) is 25.7 Å². The Morgan fingerprint density at radius 2 is 1.89 bits per heavy atom. The number of carboxylic acid groups (broad SMARTS) is 1. The Morgan fingerprint density at radius 3 is 2.37 bits per heavy atom. The molecule has 6 nitrogen and oxygen atoms in total. The molecule has 19 heavy (non-hydrogen) atoms. The van der Waals surface area contributed by atoms with Gasteiger partial charge in [-0.05, 0) is 30.8 Å². The number of hydrogen-bond donors (Lipinski definition) is 2. The third kappa shape index (κ3) is 5.40. The van der Waals surface area contributed by atoms with Gasteiger partial charge in [-0.15, -0.1) is 0 Å². The summed E-state index contributed by atoms with van der Waals surface area (Å²) >= 11 is 1.67. The predicted octanol–water partition coefficient (Wildman–Crippen LogP) is 0.278. The van der Waals surface area contributed by atoms with E-state index in [1.807, 2.05) is 0 Å². The zero-order chi connectivity index (χ0) is 14.5. The molecule has 1 aliphatic heterocycles. The van der Waals surface area contributed by atoms with Crippen molar-refractivity contribution in [2.24, 2.45) is 0 Å². The van der Waals surface area contributed by atoms with Gasteiger partial charge in [-0.25, -0.2) is 13.2 Å². The largest absolute Gasteiger partial charge is 0.480 e. The molecule has 0 spiro atoms. The molecule has 2 N–H and O–H groups in total. The summed E-state index contributed by atoms with van der Waals surface area (Å²) in [6.07, 6.45) is 2.18. The highest BCUT2D eigenvalue weighted by atomic mass is 32.2. The summed E-state index contributed by atoms with van der Waals surface area (Å²) in [6.45, 7) is 0. The average molecular weight is 309 g/mol. The van der Waals surface area contributed by atoms with Crippen LogP contribution in [0.5, 0.6) is 0 Å². The molecule has 8 heteroatoms. The Balaban J connectivity index is 2.51. The second-order valence-corrected chi connectivity index (χ2v) is 8.27. The lowest BCUT2D eigenvalue weighted by Crippen LogP contribution is -2.56. The smallest absolute Gasteiger partial charge is 0.329 e. The molecular formula is C11H19NO5S2. The molecule has 1 saturated heterocycles. The van der Waals surface area contributed by atoms with Crippen LogP contribution < -0.4 is 5.32 Å². The summed E-state index contributed by atoms with van der Waals surface area (Å²) < 4.78 is 21.9. The van der Waals surface area contributed by atoms with Crippen LogP contribution in [0.2, 0.25) is 0 Å². The van der Waals surface area contributed by atoms with Crippen LogP contribution in [0.15, 0.2) is 0 Å². The third-order valence-corrected chi connectivity index (χ3v) is 5.07. The fourth-order valence-electron chi connectivity index (χ4n) is 1.94. The highest BCUT2D eigenvalue weighted by Crippen LogP contribution is 2.27. The molecule has 110 valence electrons. The first-order valence-electron chi connectivity index (χ1n) is 6.05. The molecule has 0 unspecified atom stereocenters. The third-order valence-electron chi connectivity index (χ3n) is 3.05. The second-order valence-electron chi connectivity index (χ2n) is 4.78. The number of sulfone groups is 1. The van der Waals surface area contributed by atoms with Crippen LogP contribution in [0, 0.1) is 0 Å². The number of rotatable bonds is 6. The Kier molecular flexibility index (Phi) is 5.66. The van der Waals surface area contributed by atoms with E-state index in [0.717, 1.165) is 6.26 Å². The van der Waals surface area contributed by atoms with Crippen molar-refractivity contribution in [2.45, 2.75) is 31.2 Å². The minimum Gasteiger partial charge on any atom is -0.480 e. The molecule has 0 aromatic rings. The number of carbonyl (C=O) groups excluding carboxylic acids is 1. The van der Waals surface area contributed by atoms with Gasteiger partial charge in [-0.1, -0.05) is 0 Å². The minimum atomic E-state index is -3.08. The number of nitrogens with one attached hydrogen (secondary N) is 1. The van der Waals surface area contributed by atoms with Crippen LogP contribution in [-0.2, 0) is 19.4 Å². The Morgan fingerprint density at radius 1 is 1.32 bits per heavy atom. The summed E-state index contributed by atoms with van der Waals surface area (Å²) in [4.78, 5) is 23.1. The van der Waals surface area contributed by atoms with Gasteiger partial charge in [0.2, 0.25) is 5.91 Å². The van der Waals surface area contributed by atoms with Crippen molar-refractivity contribution in [1.29, 1.82) is 0 Å². The van der Waals surface area contributed by atoms with Crippen molar-refractivity contribution >= 4 is 33.5 Å². The number of carbonyl (C=O) groups is 2. The fourth-order valence-corrected chi connectivity index (χ4v) is 3.79.